The van der Waals surface area contributed by atoms with Gasteiger partial charge in [0, 0.05) is 39.3 Å². The van der Waals surface area contributed by atoms with Crippen molar-refractivity contribution >= 4 is 24.8 Å². The third-order valence-electron chi connectivity index (χ3n) is 5.05. The van der Waals surface area contributed by atoms with Gasteiger partial charge in [-0.05, 0) is 36.2 Å². The zero-order valence-electron chi connectivity index (χ0n) is 17.2. The molecule has 0 aliphatic carbocycles. The number of ether oxygens (including phenoxy) is 3. The van der Waals surface area contributed by atoms with E-state index in [4.69, 9.17) is 14.2 Å². The van der Waals surface area contributed by atoms with Gasteiger partial charge in [-0.2, -0.15) is 0 Å². The predicted octanol–water partition coefficient (Wildman–Crippen LogP) is 3.79. The second-order valence-corrected chi connectivity index (χ2v) is 6.78. The lowest BCUT2D eigenvalue weighted by molar-refractivity contribution is 0.118. The van der Waals surface area contributed by atoms with Crippen molar-refractivity contribution in [2.24, 2.45) is 0 Å². The lowest BCUT2D eigenvalue weighted by atomic mass is 10.1. The van der Waals surface area contributed by atoms with Crippen LogP contribution in [-0.2, 0) is 6.42 Å². The molecule has 0 aromatic heterocycles. The van der Waals surface area contributed by atoms with E-state index in [1.54, 1.807) is 14.2 Å². The highest BCUT2D eigenvalue weighted by atomic mass is 35.5. The topological polar surface area (TPSA) is 34.2 Å². The first kappa shape index (κ1) is 25.4. The molecule has 2 aromatic carbocycles. The number of piperazine rings is 1. The number of benzene rings is 2. The lowest BCUT2D eigenvalue weighted by Gasteiger charge is -2.34. The molecule has 2 aromatic rings. The van der Waals surface area contributed by atoms with Crippen LogP contribution in [0.1, 0.15) is 5.56 Å². The van der Waals surface area contributed by atoms with Gasteiger partial charge < -0.3 is 19.1 Å². The molecule has 0 N–H and O–H groups in total. The van der Waals surface area contributed by atoms with Crippen LogP contribution in [0, 0.1) is 0 Å². The second-order valence-electron chi connectivity index (χ2n) is 6.78. The maximum atomic E-state index is 5.80. The Balaban J connectivity index is 0.00000210. The summed E-state index contributed by atoms with van der Waals surface area (Å²) in [4.78, 5) is 5.01. The fourth-order valence-electron chi connectivity index (χ4n) is 3.37. The van der Waals surface area contributed by atoms with Crippen LogP contribution in [0.15, 0.2) is 48.5 Å². The Morgan fingerprint density at radius 2 is 1.38 bits per heavy atom. The summed E-state index contributed by atoms with van der Waals surface area (Å²) in [5.41, 5.74) is 1.28. The molecule has 1 saturated heterocycles. The fourth-order valence-corrected chi connectivity index (χ4v) is 3.37. The van der Waals surface area contributed by atoms with Crippen molar-refractivity contribution in [3.05, 3.63) is 54.1 Å². The summed E-state index contributed by atoms with van der Waals surface area (Å²) in [5.74, 6) is 2.54. The summed E-state index contributed by atoms with van der Waals surface area (Å²) in [7, 11) is 3.35. The average molecular weight is 443 g/mol. The Morgan fingerprint density at radius 3 is 2.00 bits per heavy atom. The Labute approximate surface area is 186 Å². The third kappa shape index (κ3) is 7.94. The molecule has 162 valence electrons. The maximum absolute atomic E-state index is 5.80. The first-order valence-corrected chi connectivity index (χ1v) is 9.62. The Bertz CT molecular complexity index is 696. The zero-order valence-corrected chi connectivity index (χ0v) is 18.8. The molecule has 1 aliphatic heterocycles. The van der Waals surface area contributed by atoms with Gasteiger partial charge in [-0.3, -0.25) is 4.90 Å². The van der Waals surface area contributed by atoms with Gasteiger partial charge in [-0.1, -0.05) is 24.3 Å². The van der Waals surface area contributed by atoms with Crippen molar-refractivity contribution in [1.29, 1.82) is 0 Å². The first-order chi connectivity index (χ1) is 13.3. The van der Waals surface area contributed by atoms with Crippen LogP contribution in [-0.4, -0.2) is 69.9 Å². The summed E-state index contributed by atoms with van der Waals surface area (Å²) < 4.78 is 16.5. The van der Waals surface area contributed by atoms with Gasteiger partial charge in [0.2, 0.25) is 0 Å². The van der Waals surface area contributed by atoms with E-state index in [2.05, 4.69) is 21.9 Å². The van der Waals surface area contributed by atoms with Crippen molar-refractivity contribution in [2.75, 3.05) is 60.1 Å². The fraction of sp³-hybridized carbons (Fsp3) is 0.455. The number of rotatable bonds is 9. The second kappa shape index (κ2) is 13.5. The highest BCUT2D eigenvalue weighted by Crippen LogP contribution is 2.27. The van der Waals surface area contributed by atoms with Crippen LogP contribution in [0.2, 0.25) is 0 Å². The monoisotopic (exact) mass is 442 g/mol. The van der Waals surface area contributed by atoms with E-state index in [0.29, 0.717) is 0 Å². The van der Waals surface area contributed by atoms with E-state index < -0.39 is 0 Å². The van der Waals surface area contributed by atoms with Gasteiger partial charge in [0.25, 0.3) is 0 Å². The van der Waals surface area contributed by atoms with Crippen molar-refractivity contribution < 1.29 is 14.2 Å². The minimum atomic E-state index is 0. The molecule has 0 amide bonds. The number of methoxy groups -OCH3 is 2. The summed E-state index contributed by atoms with van der Waals surface area (Å²) in [6.07, 6.45) is 1.03. The molecule has 1 fully saturated rings. The molecular formula is C22H32Cl2N2O3. The summed E-state index contributed by atoms with van der Waals surface area (Å²) >= 11 is 0. The Hall–Kier alpha value is -1.66. The van der Waals surface area contributed by atoms with Gasteiger partial charge in [0.1, 0.15) is 12.4 Å². The van der Waals surface area contributed by atoms with E-state index >= 15 is 0 Å². The van der Waals surface area contributed by atoms with E-state index in [0.717, 1.165) is 69.5 Å². The van der Waals surface area contributed by atoms with Crippen LogP contribution < -0.4 is 14.2 Å². The molecule has 0 unspecified atom stereocenters. The third-order valence-corrected chi connectivity index (χ3v) is 5.05. The molecule has 0 spiro atoms. The SMILES string of the molecule is COc1ccc(CCN2CCN(CCOc3ccccc3)CC2)cc1OC.Cl.Cl. The normalized spacial score (nSPS) is 14.4. The Kier molecular flexibility index (Phi) is 11.9. The van der Waals surface area contributed by atoms with E-state index in [9.17, 15) is 0 Å². The van der Waals surface area contributed by atoms with Crippen LogP contribution >= 0.6 is 24.8 Å². The molecule has 5 nitrogen and oxygen atoms in total. The van der Waals surface area contributed by atoms with Gasteiger partial charge >= 0.3 is 0 Å². The zero-order chi connectivity index (χ0) is 18.9. The molecule has 29 heavy (non-hydrogen) atoms. The van der Waals surface area contributed by atoms with Crippen molar-refractivity contribution in [2.45, 2.75) is 6.42 Å². The van der Waals surface area contributed by atoms with Gasteiger partial charge in [0.15, 0.2) is 11.5 Å². The summed E-state index contributed by atoms with van der Waals surface area (Å²) in [5, 5.41) is 0. The standard InChI is InChI=1S/C22H30N2O3.2ClH/c1-25-21-9-8-19(18-22(21)26-2)10-11-23-12-14-24(15-13-23)16-17-27-20-6-4-3-5-7-20;;/h3-9,18H,10-17H2,1-2H3;2*1H. The highest BCUT2D eigenvalue weighted by Gasteiger charge is 2.16. The van der Waals surface area contributed by atoms with E-state index in [1.165, 1.54) is 5.56 Å². The van der Waals surface area contributed by atoms with Crippen LogP contribution in [0.5, 0.6) is 17.2 Å². The Morgan fingerprint density at radius 1 is 0.759 bits per heavy atom. The molecule has 1 heterocycles. The van der Waals surface area contributed by atoms with Gasteiger partial charge in [-0.15, -0.1) is 24.8 Å². The molecular weight excluding hydrogens is 411 g/mol. The quantitative estimate of drug-likeness (QED) is 0.589. The maximum Gasteiger partial charge on any atom is 0.160 e. The van der Waals surface area contributed by atoms with Gasteiger partial charge in [0.05, 0.1) is 14.2 Å². The molecule has 7 heteroatoms. The van der Waals surface area contributed by atoms with Crippen LogP contribution in [0.3, 0.4) is 0 Å². The average Bonchev–Trinajstić information content (AvgIpc) is 2.73. The summed E-state index contributed by atoms with van der Waals surface area (Å²) in [6, 6.07) is 16.2. The molecule has 0 bridgehead atoms. The molecule has 3 rings (SSSR count). The first-order valence-electron chi connectivity index (χ1n) is 9.62. The highest BCUT2D eigenvalue weighted by molar-refractivity contribution is 5.85. The number of hydrogen-bond acceptors (Lipinski definition) is 5. The number of halogens is 2. The lowest BCUT2D eigenvalue weighted by Crippen LogP contribution is -2.47. The summed E-state index contributed by atoms with van der Waals surface area (Å²) in [6.45, 7) is 7.23. The van der Waals surface area contributed by atoms with Crippen molar-refractivity contribution in [3.8, 4) is 17.2 Å². The van der Waals surface area contributed by atoms with Crippen LogP contribution in [0.4, 0.5) is 0 Å². The molecule has 1 aliphatic rings. The largest absolute Gasteiger partial charge is 0.493 e. The van der Waals surface area contributed by atoms with Crippen molar-refractivity contribution in [3.63, 3.8) is 0 Å². The predicted molar refractivity (Wildman–Crippen MR) is 123 cm³/mol. The minimum absolute atomic E-state index is 0. The number of nitrogens with zero attached hydrogens (tertiary/aromatic N) is 2. The smallest absolute Gasteiger partial charge is 0.160 e. The molecule has 0 atom stereocenters. The van der Waals surface area contributed by atoms with E-state index in [1.807, 2.05) is 36.4 Å². The molecule has 0 radical (unpaired) electrons. The number of para-hydroxylation sites is 1. The minimum Gasteiger partial charge on any atom is -0.493 e. The van der Waals surface area contributed by atoms with Gasteiger partial charge in [-0.25, -0.2) is 0 Å². The van der Waals surface area contributed by atoms with Crippen molar-refractivity contribution in [1.82, 2.24) is 9.80 Å². The number of hydrogen-bond donors (Lipinski definition) is 0. The molecule has 0 saturated carbocycles. The van der Waals surface area contributed by atoms with Crippen LogP contribution in [0.25, 0.3) is 0 Å². The van der Waals surface area contributed by atoms with E-state index in [-0.39, 0.29) is 24.8 Å².